The highest BCUT2D eigenvalue weighted by atomic mass is 16.2. The van der Waals surface area contributed by atoms with Crippen molar-refractivity contribution in [3.05, 3.63) is 48.0 Å². The van der Waals surface area contributed by atoms with Crippen molar-refractivity contribution in [3.8, 4) is 0 Å². The second-order valence-corrected chi connectivity index (χ2v) is 7.65. The number of nitrogens with one attached hydrogen (secondary N) is 1. The Morgan fingerprint density at radius 3 is 2.30 bits per heavy atom. The molecule has 1 aliphatic heterocycles. The standard InChI is InChI=1S/C22H29N3O2/c1-16(2)22(27)25-12-10-24(11-13-25)15-21(26)23-17(3)19-9-8-18-6-4-5-7-20(18)14-19/h4-9,14,16-17H,10-13,15H2,1-3H3,(H,23,26). The van der Waals surface area contributed by atoms with Crippen LogP contribution in [0, 0.1) is 5.92 Å². The molecule has 5 nitrogen and oxygen atoms in total. The summed E-state index contributed by atoms with van der Waals surface area (Å²) in [7, 11) is 0. The van der Waals surface area contributed by atoms with Crippen LogP contribution in [0.1, 0.15) is 32.4 Å². The third kappa shape index (κ3) is 4.86. The number of rotatable bonds is 5. The molecular formula is C22H29N3O2. The van der Waals surface area contributed by atoms with Crippen LogP contribution in [0.25, 0.3) is 10.8 Å². The molecule has 1 unspecified atom stereocenters. The van der Waals surface area contributed by atoms with Crippen LogP contribution in [0.2, 0.25) is 0 Å². The maximum absolute atomic E-state index is 12.4. The Hall–Kier alpha value is -2.40. The summed E-state index contributed by atoms with van der Waals surface area (Å²) in [5.74, 6) is 0.256. The van der Waals surface area contributed by atoms with Crippen LogP contribution in [0.5, 0.6) is 0 Å². The molecule has 2 amide bonds. The van der Waals surface area contributed by atoms with Crippen molar-refractivity contribution in [2.45, 2.75) is 26.8 Å². The van der Waals surface area contributed by atoms with Crippen molar-refractivity contribution in [1.29, 1.82) is 0 Å². The van der Waals surface area contributed by atoms with Gasteiger partial charge < -0.3 is 10.2 Å². The zero-order chi connectivity index (χ0) is 19.4. The van der Waals surface area contributed by atoms with Gasteiger partial charge >= 0.3 is 0 Å². The van der Waals surface area contributed by atoms with Gasteiger partial charge in [-0.2, -0.15) is 0 Å². The largest absolute Gasteiger partial charge is 0.348 e. The van der Waals surface area contributed by atoms with Crippen LogP contribution in [0.15, 0.2) is 42.5 Å². The number of fused-ring (bicyclic) bond motifs is 1. The fourth-order valence-electron chi connectivity index (χ4n) is 3.54. The summed E-state index contributed by atoms with van der Waals surface area (Å²) in [5, 5.41) is 5.48. The molecule has 0 bridgehead atoms. The highest BCUT2D eigenvalue weighted by molar-refractivity contribution is 5.83. The molecule has 1 atom stereocenters. The molecule has 144 valence electrons. The van der Waals surface area contributed by atoms with Crippen molar-refractivity contribution in [2.75, 3.05) is 32.7 Å². The third-order valence-electron chi connectivity index (χ3n) is 5.20. The minimum atomic E-state index is -0.0362. The Balaban J connectivity index is 1.51. The summed E-state index contributed by atoms with van der Waals surface area (Å²) < 4.78 is 0. The summed E-state index contributed by atoms with van der Waals surface area (Å²) in [6.07, 6.45) is 0. The van der Waals surface area contributed by atoms with Gasteiger partial charge in [0.15, 0.2) is 0 Å². The summed E-state index contributed by atoms with van der Waals surface area (Å²) >= 11 is 0. The summed E-state index contributed by atoms with van der Waals surface area (Å²) in [4.78, 5) is 28.5. The Kier molecular flexibility index (Phi) is 6.11. The van der Waals surface area contributed by atoms with Crippen LogP contribution in [0.3, 0.4) is 0 Å². The van der Waals surface area contributed by atoms with E-state index >= 15 is 0 Å². The van der Waals surface area contributed by atoms with E-state index in [-0.39, 0.29) is 23.8 Å². The first-order valence-corrected chi connectivity index (χ1v) is 9.73. The first kappa shape index (κ1) is 19.4. The lowest BCUT2D eigenvalue weighted by Gasteiger charge is -2.35. The average Bonchev–Trinajstić information content (AvgIpc) is 2.67. The van der Waals surface area contributed by atoms with Gasteiger partial charge in [-0.15, -0.1) is 0 Å². The van der Waals surface area contributed by atoms with E-state index < -0.39 is 0 Å². The summed E-state index contributed by atoms with van der Waals surface area (Å²) in [6, 6.07) is 14.5. The van der Waals surface area contributed by atoms with Gasteiger partial charge in [-0.3, -0.25) is 14.5 Å². The minimum Gasteiger partial charge on any atom is -0.348 e. The molecule has 0 saturated carbocycles. The van der Waals surface area contributed by atoms with E-state index in [0.717, 1.165) is 18.7 Å². The van der Waals surface area contributed by atoms with Crippen LogP contribution in [-0.2, 0) is 9.59 Å². The molecule has 0 aliphatic carbocycles. The lowest BCUT2D eigenvalue weighted by atomic mass is 10.0. The SMILES string of the molecule is CC(C)C(=O)N1CCN(CC(=O)NC(C)c2ccc3ccccc3c2)CC1. The molecule has 5 heteroatoms. The number of piperazine rings is 1. The fourth-order valence-corrected chi connectivity index (χ4v) is 3.54. The lowest BCUT2D eigenvalue weighted by molar-refractivity contribution is -0.136. The number of nitrogens with zero attached hydrogens (tertiary/aromatic N) is 2. The minimum absolute atomic E-state index is 0.0271. The van der Waals surface area contributed by atoms with E-state index in [0.29, 0.717) is 19.6 Å². The zero-order valence-corrected chi connectivity index (χ0v) is 16.4. The van der Waals surface area contributed by atoms with Gasteiger partial charge in [0.2, 0.25) is 11.8 Å². The number of carbonyl (C=O) groups excluding carboxylic acids is 2. The Morgan fingerprint density at radius 1 is 0.963 bits per heavy atom. The van der Waals surface area contributed by atoms with Gasteiger partial charge in [-0.1, -0.05) is 50.2 Å². The molecule has 2 aromatic rings. The second kappa shape index (κ2) is 8.53. The Labute approximate surface area is 161 Å². The molecule has 1 fully saturated rings. The van der Waals surface area contributed by atoms with Crippen molar-refractivity contribution in [2.24, 2.45) is 5.92 Å². The quantitative estimate of drug-likeness (QED) is 0.884. The lowest BCUT2D eigenvalue weighted by Crippen LogP contribution is -2.52. The normalized spacial score (nSPS) is 16.5. The first-order valence-electron chi connectivity index (χ1n) is 9.73. The van der Waals surface area contributed by atoms with Gasteiger partial charge in [0.1, 0.15) is 0 Å². The summed E-state index contributed by atoms with van der Waals surface area (Å²) in [5.41, 5.74) is 1.11. The molecule has 1 N–H and O–H groups in total. The number of amides is 2. The van der Waals surface area contributed by atoms with Crippen molar-refractivity contribution in [3.63, 3.8) is 0 Å². The van der Waals surface area contributed by atoms with E-state index in [2.05, 4.69) is 40.5 Å². The topological polar surface area (TPSA) is 52.7 Å². The van der Waals surface area contributed by atoms with E-state index in [1.165, 1.54) is 10.8 Å². The Bertz CT molecular complexity index is 810. The third-order valence-corrected chi connectivity index (χ3v) is 5.20. The van der Waals surface area contributed by atoms with Crippen molar-refractivity contribution < 1.29 is 9.59 Å². The molecule has 0 aromatic heterocycles. The van der Waals surface area contributed by atoms with Crippen molar-refractivity contribution >= 4 is 22.6 Å². The maximum Gasteiger partial charge on any atom is 0.234 e. The van der Waals surface area contributed by atoms with Gasteiger partial charge in [0, 0.05) is 32.1 Å². The smallest absolute Gasteiger partial charge is 0.234 e. The Morgan fingerprint density at radius 2 is 1.63 bits per heavy atom. The van der Waals surface area contributed by atoms with Gasteiger partial charge in [-0.05, 0) is 29.3 Å². The molecule has 3 rings (SSSR count). The number of benzene rings is 2. The van der Waals surface area contributed by atoms with E-state index in [9.17, 15) is 9.59 Å². The van der Waals surface area contributed by atoms with Crippen LogP contribution >= 0.6 is 0 Å². The highest BCUT2D eigenvalue weighted by Gasteiger charge is 2.24. The maximum atomic E-state index is 12.4. The number of hydrogen-bond donors (Lipinski definition) is 1. The fraction of sp³-hybridized carbons (Fsp3) is 0.455. The molecule has 27 heavy (non-hydrogen) atoms. The molecule has 2 aromatic carbocycles. The van der Waals surface area contributed by atoms with Crippen molar-refractivity contribution in [1.82, 2.24) is 15.1 Å². The molecule has 1 aliphatic rings. The second-order valence-electron chi connectivity index (χ2n) is 7.65. The predicted octanol–water partition coefficient (Wildman–Crippen LogP) is 2.82. The van der Waals surface area contributed by atoms with Crippen LogP contribution < -0.4 is 5.32 Å². The first-order chi connectivity index (χ1) is 12.9. The molecule has 1 heterocycles. The monoisotopic (exact) mass is 367 g/mol. The predicted molar refractivity (Wildman–Crippen MR) is 108 cm³/mol. The van der Waals surface area contributed by atoms with Crippen LogP contribution in [0.4, 0.5) is 0 Å². The average molecular weight is 367 g/mol. The highest BCUT2D eigenvalue weighted by Crippen LogP contribution is 2.20. The molecule has 1 saturated heterocycles. The summed E-state index contributed by atoms with van der Waals surface area (Å²) in [6.45, 7) is 9.14. The van der Waals surface area contributed by atoms with E-state index in [1.807, 2.05) is 37.8 Å². The van der Waals surface area contributed by atoms with Gasteiger partial charge in [0.05, 0.1) is 12.6 Å². The number of carbonyl (C=O) groups is 2. The number of hydrogen-bond acceptors (Lipinski definition) is 3. The van der Waals surface area contributed by atoms with E-state index in [4.69, 9.17) is 0 Å². The van der Waals surface area contributed by atoms with Gasteiger partial charge in [-0.25, -0.2) is 0 Å². The zero-order valence-electron chi connectivity index (χ0n) is 16.4. The van der Waals surface area contributed by atoms with E-state index in [1.54, 1.807) is 0 Å². The molecular weight excluding hydrogens is 338 g/mol. The van der Waals surface area contributed by atoms with Gasteiger partial charge in [0.25, 0.3) is 0 Å². The molecule has 0 radical (unpaired) electrons. The molecule has 0 spiro atoms. The van der Waals surface area contributed by atoms with Crippen LogP contribution in [-0.4, -0.2) is 54.3 Å².